The lowest BCUT2D eigenvalue weighted by molar-refractivity contribution is -0.121. The molecule has 2 rings (SSSR count). The van der Waals surface area contributed by atoms with Crippen LogP contribution in [-0.2, 0) is 22.6 Å². The van der Waals surface area contributed by atoms with Crippen molar-refractivity contribution in [1.82, 2.24) is 15.5 Å². The van der Waals surface area contributed by atoms with E-state index in [1.807, 2.05) is 0 Å². The molecule has 0 atom stereocenters. The van der Waals surface area contributed by atoms with Gasteiger partial charge in [0.05, 0.1) is 5.69 Å². The van der Waals surface area contributed by atoms with Crippen LogP contribution < -0.4 is 10.6 Å². The molecule has 1 aliphatic rings. The highest BCUT2D eigenvalue weighted by Gasteiger charge is 2.17. The number of carbonyl (C=O) groups is 2. The van der Waals surface area contributed by atoms with Gasteiger partial charge in [-0.25, -0.2) is 0 Å². The SMILES string of the molecule is CC(=O)CCC(=O)Nc1n[nH]c2c1CCNC2. The lowest BCUT2D eigenvalue weighted by Gasteiger charge is -2.12. The molecular formula is C11H16N4O2. The fourth-order valence-corrected chi connectivity index (χ4v) is 1.83. The summed E-state index contributed by atoms with van der Waals surface area (Å²) in [5.74, 6) is 0.469. The maximum Gasteiger partial charge on any atom is 0.226 e. The van der Waals surface area contributed by atoms with E-state index in [2.05, 4.69) is 20.8 Å². The third kappa shape index (κ3) is 2.91. The summed E-state index contributed by atoms with van der Waals surface area (Å²) in [6.45, 7) is 3.13. The molecule has 1 aromatic heterocycles. The number of anilines is 1. The van der Waals surface area contributed by atoms with E-state index in [0.29, 0.717) is 5.82 Å². The summed E-state index contributed by atoms with van der Waals surface area (Å²) in [5.41, 5.74) is 2.10. The van der Waals surface area contributed by atoms with Crippen LogP contribution in [0.5, 0.6) is 0 Å². The zero-order valence-corrected chi connectivity index (χ0v) is 9.80. The zero-order valence-electron chi connectivity index (χ0n) is 9.80. The van der Waals surface area contributed by atoms with E-state index in [9.17, 15) is 9.59 Å². The van der Waals surface area contributed by atoms with E-state index >= 15 is 0 Å². The number of aromatic nitrogens is 2. The van der Waals surface area contributed by atoms with Crippen molar-refractivity contribution in [2.45, 2.75) is 32.7 Å². The van der Waals surface area contributed by atoms with Crippen molar-refractivity contribution in [1.29, 1.82) is 0 Å². The number of Topliss-reactive ketones (excluding diaryl/α,β-unsaturated/α-hetero) is 1. The van der Waals surface area contributed by atoms with Gasteiger partial charge in [0.25, 0.3) is 0 Å². The minimum Gasteiger partial charge on any atom is -0.311 e. The van der Waals surface area contributed by atoms with Crippen molar-refractivity contribution in [3.63, 3.8) is 0 Å². The van der Waals surface area contributed by atoms with Gasteiger partial charge in [-0.05, 0) is 19.9 Å². The molecule has 3 N–H and O–H groups in total. The first-order valence-corrected chi connectivity index (χ1v) is 5.73. The quantitative estimate of drug-likeness (QED) is 0.704. The predicted molar refractivity (Wildman–Crippen MR) is 62.5 cm³/mol. The highest BCUT2D eigenvalue weighted by atomic mass is 16.2. The summed E-state index contributed by atoms with van der Waals surface area (Å²) < 4.78 is 0. The smallest absolute Gasteiger partial charge is 0.226 e. The molecule has 0 unspecified atom stereocenters. The third-order valence-corrected chi connectivity index (χ3v) is 2.77. The van der Waals surface area contributed by atoms with Crippen LogP contribution in [-0.4, -0.2) is 28.4 Å². The standard InChI is InChI=1S/C11H16N4O2/c1-7(16)2-3-10(17)13-11-8-4-5-12-6-9(8)14-15-11/h12H,2-6H2,1H3,(H2,13,14,15,17). The van der Waals surface area contributed by atoms with E-state index in [4.69, 9.17) is 0 Å². The van der Waals surface area contributed by atoms with Crippen LogP contribution in [0.2, 0.25) is 0 Å². The molecule has 6 nitrogen and oxygen atoms in total. The van der Waals surface area contributed by atoms with Gasteiger partial charge in [0, 0.05) is 24.9 Å². The van der Waals surface area contributed by atoms with Crippen molar-refractivity contribution < 1.29 is 9.59 Å². The predicted octanol–water partition coefficient (Wildman–Crippen LogP) is 0.363. The number of hydrogen-bond acceptors (Lipinski definition) is 4. The Kier molecular flexibility index (Phi) is 3.53. The second kappa shape index (κ2) is 5.09. The van der Waals surface area contributed by atoms with Crippen LogP contribution in [0, 0.1) is 0 Å². The number of rotatable bonds is 4. The average molecular weight is 236 g/mol. The molecule has 17 heavy (non-hydrogen) atoms. The van der Waals surface area contributed by atoms with Crippen molar-refractivity contribution in [2.75, 3.05) is 11.9 Å². The van der Waals surface area contributed by atoms with Gasteiger partial charge in [-0.1, -0.05) is 0 Å². The summed E-state index contributed by atoms with van der Waals surface area (Å²) in [6.07, 6.45) is 1.35. The molecule has 1 aromatic rings. The lowest BCUT2D eigenvalue weighted by atomic mass is 10.1. The molecule has 0 aliphatic carbocycles. The molecule has 0 saturated carbocycles. The average Bonchev–Trinajstić information content (AvgIpc) is 2.70. The molecular weight excluding hydrogens is 220 g/mol. The molecule has 0 bridgehead atoms. The zero-order chi connectivity index (χ0) is 12.3. The Balaban J connectivity index is 1.96. The van der Waals surface area contributed by atoms with E-state index in [0.717, 1.165) is 30.8 Å². The number of H-pyrrole nitrogens is 1. The summed E-state index contributed by atoms with van der Waals surface area (Å²) in [7, 11) is 0. The Bertz CT molecular complexity index is 439. The summed E-state index contributed by atoms with van der Waals surface area (Å²) in [5, 5.41) is 12.9. The van der Waals surface area contributed by atoms with Crippen LogP contribution in [0.1, 0.15) is 31.0 Å². The molecule has 0 aromatic carbocycles. The van der Waals surface area contributed by atoms with Gasteiger partial charge in [-0.15, -0.1) is 0 Å². The third-order valence-electron chi connectivity index (χ3n) is 2.77. The number of fused-ring (bicyclic) bond motifs is 1. The maximum atomic E-state index is 11.6. The largest absolute Gasteiger partial charge is 0.311 e. The van der Waals surface area contributed by atoms with Crippen molar-refractivity contribution in [2.24, 2.45) is 0 Å². The molecule has 0 spiro atoms. The van der Waals surface area contributed by atoms with Gasteiger partial charge in [0.1, 0.15) is 5.78 Å². The Morgan fingerprint density at radius 3 is 3.00 bits per heavy atom. The number of hydrogen-bond donors (Lipinski definition) is 3. The minimum atomic E-state index is -0.159. The fraction of sp³-hybridized carbons (Fsp3) is 0.545. The second-order valence-corrected chi connectivity index (χ2v) is 4.21. The number of ketones is 1. The Labute approximate surface area is 99.2 Å². The Morgan fingerprint density at radius 1 is 1.41 bits per heavy atom. The molecule has 1 amide bonds. The minimum absolute atomic E-state index is 0.0217. The first-order chi connectivity index (χ1) is 8.16. The van der Waals surface area contributed by atoms with Crippen molar-refractivity contribution in [3.05, 3.63) is 11.3 Å². The van der Waals surface area contributed by atoms with Gasteiger partial charge in [0.2, 0.25) is 5.91 Å². The highest BCUT2D eigenvalue weighted by molar-refractivity contribution is 5.93. The molecule has 92 valence electrons. The summed E-state index contributed by atoms with van der Waals surface area (Å²) in [6, 6.07) is 0. The van der Waals surface area contributed by atoms with Crippen LogP contribution in [0.3, 0.4) is 0 Å². The Morgan fingerprint density at radius 2 is 2.24 bits per heavy atom. The van der Waals surface area contributed by atoms with E-state index in [1.54, 1.807) is 0 Å². The number of nitrogens with one attached hydrogen (secondary N) is 3. The van der Waals surface area contributed by atoms with E-state index < -0.39 is 0 Å². The molecule has 0 fully saturated rings. The van der Waals surface area contributed by atoms with Crippen LogP contribution in [0.4, 0.5) is 5.82 Å². The first kappa shape index (κ1) is 11.8. The molecule has 2 heterocycles. The van der Waals surface area contributed by atoms with Gasteiger partial charge < -0.3 is 15.4 Å². The number of amides is 1. The van der Waals surface area contributed by atoms with E-state index in [-0.39, 0.29) is 24.5 Å². The topological polar surface area (TPSA) is 86.9 Å². The van der Waals surface area contributed by atoms with Crippen LogP contribution >= 0.6 is 0 Å². The number of carbonyl (C=O) groups excluding carboxylic acids is 2. The van der Waals surface area contributed by atoms with Gasteiger partial charge in [0.15, 0.2) is 5.82 Å². The van der Waals surface area contributed by atoms with Crippen LogP contribution in [0.25, 0.3) is 0 Å². The fourth-order valence-electron chi connectivity index (χ4n) is 1.83. The number of nitrogens with zero attached hydrogens (tertiary/aromatic N) is 1. The molecule has 0 radical (unpaired) electrons. The van der Waals surface area contributed by atoms with Crippen molar-refractivity contribution in [3.8, 4) is 0 Å². The highest BCUT2D eigenvalue weighted by Crippen LogP contribution is 2.19. The molecule has 0 saturated heterocycles. The van der Waals surface area contributed by atoms with Gasteiger partial charge >= 0.3 is 0 Å². The number of aromatic amines is 1. The molecule has 6 heteroatoms. The first-order valence-electron chi connectivity index (χ1n) is 5.73. The monoisotopic (exact) mass is 236 g/mol. The summed E-state index contributed by atoms with van der Waals surface area (Å²) >= 11 is 0. The maximum absolute atomic E-state index is 11.6. The second-order valence-electron chi connectivity index (χ2n) is 4.21. The van der Waals surface area contributed by atoms with E-state index in [1.165, 1.54) is 6.92 Å². The molecule has 1 aliphatic heterocycles. The lowest BCUT2D eigenvalue weighted by Crippen LogP contribution is -2.24. The van der Waals surface area contributed by atoms with Gasteiger partial charge in [-0.3, -0.25) is 9.89 Å². The normalized spacial score (nSPS) is 14.2. The van der Waals surface area contributed by atoms with Gasteiger partial charge in [-0.2, -0.15) is 5.10 Å². The van der Waals surface area contributed by atoms with Crippen LogP contribution in [0.15, 0.2) is 0 Å². The van der Waals surface area contributed by atoms with Crippen molar-refractivity contribution >= 4 is 17.5 Å². The Hall–Kier alpha value is -1.69. The summed E-state index contributed by atoms with van der Waals surface area (Å²) in [4.78, 5) is 22.3.